The highest BCUT2D eigenvalue weighted by molar-refractivity contribution is 7.89. The summed E-state index contributed by atoms with van der Waals surface area (Å²) < 4.78 is 27.6. The van der Waals surface area contributed by atoms with E-state index in [1.54, 1.807) is 30.6 Å². The van der Waals surface area contributed by atoms with E-state index in [9.17, 15) is 8.42 Å². The Hall–Kier alpha value is -1.76. The van der Waals surface area contributed by atoms with Crippen LogP contribution in [0, 0.1) is 0 Å². The van der Waals surface area contributed by atoms with E-state index in [1.165, 1.54) is 12.5 Å². The van der Waals surface area contributed by atoms with Crippen LogP contribution in [-0.2, 0) is 10.0 Å². The molecule has 1 aromatic carbocycles. The Labute approximate surface area is 146 Å². The Kier molecular flexibility index (Phi) is 5.28. The number of nitrogens with zero attached hydrogens (tertiary/aromatic N) is 2. The van der Waals surface area contributed by atoms with Crippen molar-refractivity contribution in [2.75, 3.05) is 6.54 Å². The molecule has 5 nitrogen and oxygen atoms in total. The molecule has 0 fully saturated rings. The summed E-state index contributed by atoms with van der Waals surface area (Å²) in [5.74, 6) is 0. The van der Waals surface area contributed by atoms with Crippen molar-refractivity contribution in [2.45, 2.75) is 30.6 Å². The molecule has 126 valence electrons. The van der Waals surface area contributed by atoms with E-state index in [2.05, 4.69) is 21.0 Å². The van der Waals surface area contributed by atoms with E-state index in [0.29, 0.717) is 6.54 Å². The van der Waals surface area contributed by atoms with Gasteiger partial charge in [-0.1, -0.05) is 29.3 Å². The zero-order chi connectivity index (χ0) is 17.0. The Morgan fingerprint density at radius 1 is 1.12 bits per heavy atom. The molecule has 1 N–H and O–H groups in total. The molecule has 24 heavy (non-hydrogen) atoms. The third-order valence-corrected chi connectivity index (χ3v) is 5.90. The quantitative estimate of drug-likeness (QED) is 0.824. The van der Waals surface area contributed by atoms with Crippen LogP contribution in [0.1, 0.15) is 25.7 Å². The number of rotatable bonds is 5. The molecule has 0 radical (unpaired) electrons. The Bertz CT molecular complexity index is 851. The summed E-state index contributed by atoms with van der Waals surface area (Å²) in [6, 6.07) is 6.67. The molecule has 0 atom stereocenters. The molecule has 1 aromatic heterocycles. The fraction of sp³-hybridized carbons (Fsp3) is 0.294. The SMILES string of the molecule is O=S(=O)(NCC1=CCCCC1)c1ccc(-c2ccnnc2)cc1Cl. The van der Waals surface area contributed by atoms with Gasteiger partial charge in [-0.25, -0.2) is 13.1 Å². The number of aromatic nitrogens is 2. The number of nitrogens with one attached hydrogen (secondary N) is 1. The molecule has 0 aliphatic heterocycles. The minimum absolute atomic E-state index is 0.0892. The molecular weight excluding hydrogens is 346 g/mol. The predicted octanol–water partition coefficient (Wildman–Crippen LogP) is 3.58. The van der Waals surface area contributed by atoms with Gasteiger partial charge in [0.2, 0.25) is 10.0 Å². The van der Waals surface area contributed by atoms with Gasteiger partial charge in [-0.05, 0) is 49.4 Å². The van der Waals surface area contributed by atoms with E-state index in [0.717, 1.165) is 36.0 Å². The first-order valence-electron chi connectivity index (χ1n) is 7.80. The van der Waals surface area contributed by atoms with E-state index in [1.807, 2.05) is 0 Å². The van der Waals surface area contributed by atoms with Crippen LogP contribution >= 0.6 is 11.6 Å². The smallest absolute Gasteiger partial charge is 0.207 e. The summed E-state index contributed by atoms with van der Waals surface area (Å²) in [7, 11) is -3.64. The molecule has 0 spiro atoms. The molecule has 0 amide bonds. The second-order valence-corrected chi connectivity index (χ2v) is 7.85. The lowest BCUT2D eigenvalue weighted by atomic mass is 10.0. The second kappa shape index (κ2) is 7.42. The maximum absolute atomic E-state index is 12.5. The molecule has 0 saturated heterocycles. The monoisotopic (exact) mass is 363 g/mol. The van der Waals surface area contributed by atoms with Crippen molar-refractivity contribution in [3.63, 3.8) is 0 Å². The zero-order valence-electron chi connectivity index (χ0n) is 13.1. The number of hydrogen-bond acceptors (Lipinski definition) is 4. The number of sulfonamides is 1. The van der Waals surface area contributed by atoms with Crippen molar-refractivity contribution in [3.8, 4) is 11.1 Å². The average Bonchev–Trinajstić information content (AvgIpc) is 2.61. The van der Waals surface area contributed by atoms with Gasteiger partial charge < -0.3 is 0 Å². The Morgan fingerprint density at radius 2 is 2.00 bits per heavy atom. The van der Waals surface area contributed by atoms with Gasteiger partial charge in [0.15, 0.2) is 0 Å². The maximum Gasteiger partial charge on any atom is 0.242 e. The fourth-order valence-electron chi connectivity index (χ4n) is 2.69. The van der Waals surface area contributed by atoms with E-state index < -0.39 is 10.0 Å². The third-order valence-electron chi connectivity index (χ3n) is 4.01. The van der Waals surface area contributed by atoms with E-state index in [4.69, 9.17) is 11.6 Å². The minimum atomic E-state index is -3.64. The topological polar surface area (TPSA) is 72.0 Å². The highest BCUT2D eigenvalue weighted by Gasteiger charge is 2.19. The first kappa shape index (κ1) is 17.1. The molecule has 0 unspecified atom stereocenters. The van der Waals surface area contributed by atoms with Crippen LogP contribution in [-0.4, -0.2) is 25.2 Å². The molecule has 0 saturated carbocycles. The van der Waals surface area contributed by atoms with Gasteiger partial charge in [0.1, 0.15) is 4.90 Å². The van der Waals surface area contributed by atoms with Crippen LogP contribution in [0.25, 0.3) is 11.1 Å². The summed E-state index contributed by atoms with van der Waals surface area (Å²) in [6.45, 7) is 0.342. The molecule has 1 aliphatic carbocycles. The summed E-state index contributed by atoms with van der Waals surface area (Å²) in [6.07, 6.45) is 9.56. The van der Waals surface area contributed by atoms with Crippen molar-refractivity contribution in [3.05, 3.63) is 53.3 Å². The van der Waals surface area contributed by atoms with Crippen LogP contribution < -0.4 is 4.72 Å². The highest BCUT2D eigenvalue weighted by Crippen LogP contribution is 2.28. The summed E-state index contributed by atoms with van der Waals surface area (Å²) >= 11 is 6.22. The van der Waals surface area contributed by atoms with Gasteiger partial charge in [0, 0.05) is 12.1 Å². The predicted molar refractivity (Wildman–Crippen MR) is 94.2 cm³/mol. The largest absolute Gasteiger partial charge is 0.242 e. The first-order chi connectivity index (χ1) is 11.6. The van der Waals surface area contributed by atoms with Crippen LogP contribution in [0.4, 0.5) is 0 Å². The standard InChI is InChI=1S/C17H18ClN3O2S/c18-16-10-14(15-8-9-19-20-12-15)6-7-17(16)24(22,23)21-11-13-4-2-1-3-5-13/h4,6-10,12,21H,1-3,5,11H2. The molecule has 1 heterocycles. The van der Waals surface area contributed by atoms with Gasteiger partial charge >= 0.3 is 0 Å². The van der Waals surface area contributed by atoms with Gasteiger partial charge in [-0.15, -0.1) is 0 Å². The number of allylic oxidation sites excluding steroid dienone is 1. The van der Waals surface area contributed by atoms with E-state index >= 15 is 0 Å². The van der Waals surface area contributed by atoms with Gasteiger partial charge in [-0.2, -0.15) is 10.2 Å². The number of benzene rings is 1. The third kappa shape index (κ3) is 4.01. The summed E-state index contributed by atoms with van der Waals surface area (Å²) in [5.41, 5.74) is 2.76. The summed E-state index contributed by atoms with van der Waals surface area (Å²) in [5, 5.41) is 7.73. The first-order valence-corrected chi connectivity index (χ1v) is 9.66. The lowest BCUT2D eigenvalue weighted by molar-refractivity contribution is 0.582. The molecule has 3 rings (SSSR count). The molecule has 7 heteroatoms. The van der Waals surface area contributed by atoms with E-state index in [-0.39, 0.29) is 9.92 Å². The number of hydrogen-bond donors (Lipinski definition) is 1. The normalized spacial score (nSPS) is 15.1. The minimum Gasteiger partial charge on any atom is -0.207 e. The van der Waals surface area contributed by atoms with Crippen molar-refractivity contribution < 1.29 is 8.42 Å². The lowest BCUT2D eigenvalue weighted by Crippen LogP contribution is -2.26. The summed E-state index contributed by atoms with van der Waals surface area (Å²) in [4.78, 5) is 0.0892. The Morgan fingerprint density at radius 3 is 2.67 bits per heavy atom. The molecule has 2 aromatic rings. The van der Waals surface area contributed by atoms with Crippen LogP contribution in [0.2, 0.25) is 5.02 Å². The van der Waals surface area contributed by atoms with Gasteiger partial charge in [-0.3, -0.25) is 0 Å². The average molecular weight is 364 g/mol. The van der Waals surface area contributed by atoms with Crippen molar-refractivity contribution >= 4 is 21.6 Å². The second-order valence-electron chi connectivity index (χ2n) is 5.71. The zero-order valence-corrected chi connectivity index (χ0v) is 14.6. The number of halogens is 1. The highest BCUT2D eigenvalue weighted by atomic mass is 35.5. The van der Waals surface area contributed by atoms with Gasteiger partial charge in [0.05, 0.1) is 17.4 Å². The van der Waals surface area contributed by atoms with Crippen molar-refractivity contribution in [1.82, 2.24) is 14.9 Å². The van der Waals surface area contributed by atoms with Crippen LogP contribution in [0.3, 0.4) is 0 Å². The van der Waals surface area contributed by atoms with Crippen LogP contribution in [0.15, 0.2) is 53.2 Å². The van der Waals surface area contributed by atoms with Gasteiger partial charge in [0.25, 0.3) is 0 Å². The fourth-order valence-corrected chi connectivity index (χ4v) is 4.27. The van der Waals surface area contributed by atoms with Crippen LogP contribution in [0.5, 0.6) is 0 Å². The Balaban J connectivity index is 1.79. The lowest BCUT2D eigenvalue weighted by Gasteiger charge is -2.14. The molecule has 1 aliphatic rings. The van der Waals surface area contributed by atoms with Crippen molar-refractivity contribution in [2.24, 2.45) is 0 Å². The molecule has 0 bridgehead atoms. The molecular formula is C17H18ClN3O2S. The van der Waals surface area contributed by atoms with Crippen molar-refractivity contribution in [1.29, 1.82) is 0 Å². The maximum atomic E-state index is 12.5.